The number of halogens is 3. The minimum atomic E-state index is -4.49. The molecule has 1 N–H and O–H groups in total. The van der Waals surface area contributed by atoms with Crippen molar-refractivity contribution in [3.05, 3.63) is 54.5 Å². The van der Waals surface area contributed by atoms with Gasteiger partial charge in [0.15, 0.2) is 11.5 Å². The van der Waals surface area contributed by atoms with Crippen LogP contribution >= 0.6 is 0 Å². The first-order valence-corrected chi connectivity index (χ1v) is 7.57. The molecule has 4 rings (SSSR count). The average Bonchev–Trinajstić information content (AvgIpc) is 3.28. The van der Waals surface area contributed by atoms with Crippen LogP contribution < -0.4 is 4.74 Å². The Hall–Kier alpha value is -3.36. The van der Waals surface area contributed by atoms with E-state index in [0.29, 0.717) is 28.7 Å². The lowest BCUT2D eigenvalue weighted by molar-refractivity contribution is -0.137. The Labute approximate surface area is 145 Å². The van der Waals surface area contributed by atoms with Crippen LogP contribution in [0.1, 0.15) is 5.56 Å². The lowest BCUT2D eigenvalue weighted by Gasteiger charge is -2.09. The number of alkyl halides is 3. The van der Waals surface area contributed by atoms with E-state index in [9.17, 15) is 13.2 Å². The summed E-state index contributed by atoms with van der Waals surface area (Å²) in [5.74, 6) is 0.857. The summed E-state index contributed by atoms with van der Waals surface area (Å²) in [5.41, 5.74) is 0.841. The van der Waals surface area contributed by atoms with Crippen molar-refractivity contribution in [2.75, 3.05) is 7.11 Å². The van der Waals surface area contributed by atoms with Gasteiger partial charge in [-0.1, -0.05) is 0 Å². The molecule has 4 aromatic heterocycles. The fourth-order valence-corrected chi connectivity index (χ4v) is 2.64. The lowest BCUT2D eigenvalue weighted by Crippen LogP contribution is -2.06. The molecule has 0 aliphatic heterocycles. The molecule has 0 aromatic carbocycles. The van der Waals surface area contributed by atoms with Gasteiger partial charge in [-0.25, -0.2) is 15.0 Å². The van der Waals surface area contributed by atoms with E-state index in [1.807, 2.05) is 0 Å². The van der Waals surface area contributed by atoms with Crippen molar-refractivity contribution in [2.45, 2.75) is 6.18 Å². The number of imidazole rings is 1. The van der Waals surface area contributed by atoms with Gasteiger partial charge in [0.1, 0.15) is 5.52 Å². The summed E-state index contributed by atoms with van der Waals surface area (Å²) >= 11 is 0. The van der Waals surface area contributed by atoms with Crippen LogP contribution in [0, 0.1) is 0 Å². The molecule has 0 saturated carbocycles. The Morgan fingerprint density at radius 2 is 1.96 bits per heavy atom. The molecular formula is C17H12F3N5O. The number of fused-ring (bicyclic) bond motifs is 1. The van der Waals surface area contributed by atoms with E-state index < -0.39 is 11.7 Å². The monoisotopic (exact) mass is 359 g/mol. The Morgan fingerprint density at radius 3 is 2.58 bits per heavy atom. The highest BCUT2D eigenvalue weighted by Gasteiger charge is 2.32. The van der Waals surface area contributed by atoms with Crippen molar-refractivity contribution < 1.29 is 17.9 Å². The normalized spacial score (nSPS) is 11.8. The smallest absolute Gasteiger partial charge is 0.417 e. The molecule has 0 aliphatic rings. The average molecular weight is 359 g/mol. The highest BCUT2D eigenvalue weighted by Crippen LogP contribution is 2.32. The Morgan fingerprint density at radius 1 is 1.12 bits per heavy atom. The van der Waals surface area contributed by atoms with Crippen LogP contribution in [0.3, 0.4) is 0 Å². The van der Waals surface area contributed by atoms with Crippen LogP contribution in [-0.2, 0) is 6.18 Å². The van der Waals surface area contributed by atoms with Crippen molar-refractivity contribution in [1.29, 1.82) is 0 Å². The number of aromatic amines is 1. The van der Waals surface area contributed by atoms with E-state index >= 15 is 0 Å². The minimum absolute atomic E-state index is 0.139. The molecule has 0 radical (unpaired) electrons. The zero-order valence-corrected chi connectivity index (χ0v) is 13.4. The van der Waals surface area contributed by atoms with Gasteiger partial charge < -0.3 is 9.72 Å². The zero-order valence-electron chi connectivity index (χ0n) is 13.4. The summed E-state index contributed by atoms with van der Waals surface area (Å²) in [6.45, 7) is 0. The lowest BCUT2D eigenvalue weighted by atomic mass is 10.2. The number of aromatic nitrogens is 5. The van der Waals surface area contributed by atoms with Crippen LogP contribution in [0.25, 0.3) is 28.4 Å². The summed E-state index contributed by atoms with van der Waals surface area (Å²) in [6.07, 6.45) is -0.430. The predicted octanol–water partition coefficient (Wildman–Crippen LogP) is 3.84. The molecule has 4 aromatic rings. The molecule has 0 aliphatic carbocycles. The molecule has 0 unspecified atom stereocenters. The second-order valence-electron chi connectivity index (χ2n) is 5.48. The molecular weight excluding hydrogens is 347 g/mol. The third-order valence-corrected chi connectivity index (χ3v) is 3.85. The topological polar surface area (TPSA) is 68.6 Å². The van der Waals surface area contributed by atoms with Crippen molar-refractivity contribution in [3.63, 3.8) is 0 Å². The molecule has 0 amide bonds. The Bertz CT molecular complexity index is 1050. The van der Waals surface area contributed by atoms with Gasteiger partial charge in [-0.3, -0.25) is 4.57 Å². The van der Waals surface area contributed by atoms with Gasteiger partial charge in [0.25, 0.3) is 0 Å². The zero-order chi connectivity index (χ0) is 18.3. The van der Waals surface area contributed by atoms with Gasteiger partial charge in [0.2, 0.25) is 5.88 Å². The van der Waals surface area contributed by atoms with E-state index in [1.54, 1.807) is 41.2 Å². The number of hydrogen-bond acceptors (Lipinski definition) is 4. The van der Waals surface area contributed by atoms with Gasteiger partial charge in [0.05, 0.1) is 30.3 Å². The van der Waals surface area contributed by atoms with Crippen LogP contribution in [0.15, 0.2) is 48.9 Å². The number of H-pyrrole nitrogens is 1. The van der Waals surface area contributed by atoms with Crippen LogP contribution in [0.4, 0.5) is 13.2 Å². The number of rotatable bonds is 3. The maximum absolute atomic E-state index is 13.0. The highest BCUT2D eigenvalue weighted by molar-refractivity contribution is 5.79. The third kappa shape index (κ3) is 2.67. The second kappa shape index (κ2) is 5.87. The fourth-order valence-electron chi connectivity index (χ4n) is 2.64. The number of pyridine rings is 2. The molecule has 0 bridgehead atoms. The molecule has 9 heteroatoms. The molecule has 26 heavy (non-hydrogen) atoms. The third-order valence-electron chi connectivity index (χ3n) is 3.85. The van der Waals surface area contributed by atoms with E-state index in [0.717, 1.165) is 12.3 Å². The number of hydrogen-bond donors (Lipinski definition) is 1. The first-order valence-electron chi connectivity index (χ1n) is 7.57. The van der Waals surface area contributed by atoms with E-state index in [1.165, 1.54) is 7.11 Å². The van der Waals surface area contributed by atoms with Gasteiger partial charge in [-0.2, -0.15) is 13.2 Å². The summed E-state index contributed by atoms with van der Waals surface area (Å²) in [6, 6.07) is 7.93. The minimum Gasteiger partial charge on any atom is -0.481 e. The van der Waals surface area contributed by atoms with Crippen molar-refractivity contribution in [1.82, 2.24) is 24.5 Å². The van der Waals surface area contributed by atoms with E-state index in [2.05, 4.69) is 19.9 Å². The SMILES string of the molecule is COc1ccc(-n2c(-c3ccc[nH]3)nc3cc(C(F)(F)F)cnc32)cn1. The first kappa shape index (κ1) is 16.1. The van der Waals surface area contributed by atoms with Gasteiger partial charge in [-0.05, 0) is 24.3 Å². The van der Waals surface area contributed by atoms with Gasteiger partial charge in [0, 0.05) is 18.5 Å². The molecule has 0 saturated heterocycles. The Balaban J connectivity index is 1.97. The van der Waals surface area contributed by atoms with Crippen LogP contribution in [0.5, 0.6) is 5.88 Å². The van der Waals surface area contributed by atoms with Crippen LogP contribution in [-0.4, -0.2) is 31.6 Å². The van der Waals surface area contributed by atoms with E-state index in [4.69, 9.17) is 4.74 Å². The number of nitrogens with zero attached hydrogens (tertiary/aromatic N) is 4. The van der Waals surface area contributed by atoms with Crippen molar-refractivity contribution in [2.24, 2.45) is 0 Å². The van der Waals surface area contributed by atoms with Crippen molar-refractivity contribution >= 4 is 11.2 Å². The van der Waals surface area contributed by atoms with Crippen LogP contribution in [0.2, 0.25) is 0 Å². The molecule has 4 heterocycles. The summed E-state index contributed by atoms with van der Waals surface area (Å²) in [4.78, 5) is 15.5. The number of ether oxygens (including phenoxy) is 1. The summed E-state index contributed by atoms with van der Waals surface area (Å²) < 4.78 is 45.7. The predicted molar refractivity (Wildman–Crippen MR) is 88.0 cm³/mol. The maximum atomic E-state index is 13.0. The highest BCUT2D eigenvalue weighted by atomic mass is 19.4. The number of methoxy groups -OCH3 is 1. The van der Waals surface area contributed by atoms with Gasteiger partial charge >= 0.3 is 6.18 Å². The molecule has 132 valence electrons. The molecule has 6 nitrogen and oxygen atoms in total. The van der Waals surface area contributed by atoms with Gasteiger partial charge in [-0.15, -0.1) is 0 Å². The standard InChI is InChI=1S/C17H12F3N5O/c1-26-14-5-4-11(9-22-14)25-15-13(7-10(8-23-15)17(18,19)20)24-16(25)12-3-2-6-21-12/h2-9,21H,1H3. The Kier molecular flexibility index (Phi) is 3.64. The second-order valence-corrected chi connectivity index (χ2v) is 5.48. The maximum Gasteiger partial charge on any atom is 0.417 e. The number of nitrogens with one attached hydrogen (secondary N) is 1. The molecule has 0 spiro atoms. The fraction of sp³-hybridized carbons (Fsp3) is 0.118. The molecule has 0 atom stereocenters. The first-order chi connectivity index (χ1) is 12.5. The molecule has 0 fully saturated rings. The summed E-state index contributed by atoms with van der Waals surface area (Å²) in [7, 11) is 1.50. The largest absolute Gasteiger partial charge is 0.481 e. The van der Waals surface area contributed by atoms with E-state index in [-0.39, 0.29) is 5.52 Å². The van der Waals surface area contributed by atoms with Crippen molar-refractivity contribution in [3.8, 4) is 23.1 Å². The summed E-state index contributed by atoms with van der Waals surface area (Å²) in [5, 5.41) is 0. The quantitative estimate of drug-likeness (QED) is 0.603.